The summed E-state index contributed by atoms with van der Waals surface area (Å²) in [4.78, 5) is 23.8. The van der Waals surface area contributed by atoms with Gasteiger partial charge in [-0.25, -0.2) is 4.79 Å². The molecule has 1 amide bonds. The van der Waals surface area contributed by atoms with Crippen molar-refractivity contribution in [2.75, 3.05) is 18.7 Å². The van der Waals surface area contributed by atoms with E-state index >= 15 is 0 Å². The van der Waals surface area contributed by atoms with Crippen LogP contribution >= 0.6 is 15.9 Å². The first kappa shape index (κ1) is 15.4. The third kappa shape index (κ3) is 3.62. The van der Waals surface area contributed by atoms with Gasteiger partial charge in [0.1, 0.15) is 0 Å². The first-order chi connectivity index (χ1) is 11.1. The number of esters is 1. The summed E-state index contributed by atoms with van der Waals surface area (Å²) in [5.74, 6) is 0.0295. The average molecular weight is 378 g/mol. The van der Waals surface area contributed by atoms with Crippen molar-refractivity contribution in [3.05, 3.63) is 52.5 Å². The zero-order valence-electron chi connectivity index (χ0n) is 11.9. The maximum absolute atomic E-state index is 12.0. The van der Waals surface area contributed by atoms with Gasteiger partial charge in [-0.15, -0.1) is 0 Å². The highest BCUT2D eigenvalue weighted by atomic mass is 79.9. The molecule has 0 unspecified atom stereocenters. The third-order valence-electron chi connectivity index (χ3n) is 3.09. The summed E-state index contributed by atoms with van der Waals surface area (Å²) in [7, 11) is 0. The number of ether oxygens (including phenoxy) is 3. The average Bonchev–Trinajstić information content (AvgIpc) is 3.02. The first-order valence-electron chi connectivity index (χ1n) is 6.74. The molecule has 7 heteroatoms. The number of nitrogens with one attached hydrogen (secondary N) is 1. The largest absolute Gasteiger partial charge is 0.454 e. The molecule has 2 aromatic carbocycles. The summed E-state index contributed by atoms with van der Waals surface area (Å²) >= 11 is 3.32. The summed E-state index contributed by atoms with van der Waals surface area (Å²) in [5.41, 5.74) is 0.902. The number of rotatable bonds is 4. The van der Waals surface area contributed by atoms with E-state index in [-0.39, 0.29) is 13.4 Å². The monoisotopic (exact) mass is 377 g/mol. The molecule has 1 aliphatic heterocycles. The molecule has 0 saturated carbocycles. The zero-order valence-corrected chi connectivity index (χ0v) is 13.5. The molecule has 0 aliphatic carbocycles. The van der Waals surface area contributed by atoms with Crippen LogP contribution in [-0.4, -0.2) is 25.3 Å². The number of para-hydroxylation sites is 1. The van der Waals surface area contributed by atoms with E-state index in [0.717, 1.165) is 4.47 Å². The molecule has 1 N–H and O–H groups in total. The van der Waals surface area contributed by atoms with Gasteiger partial charge in [0.25, 0.3) is 5.91 Å². The molecule has 2 aromatic rings. The number of carbonyl (C=O) groups is 2. The van der Waals surface area contributed by atoms with Crippen molar-refractivity contribution in [1.29, 1.82) is 0 Å². The Balaban J connectivity index is 1.56. The van der Waals surface area contributed by atoms with Crippen molar-refractivity contribution < 1.29 is 23.8 Å². The van der Waals surface area contributed by atoms with Crippen LogP contribution in [0.15, 0.2) is 46.9 Å². The predicted molar refractivity (Wildman–Crippen MR) is 85.6 cm³/mol. The molecule has 3 rings (SSSR count). The smallest absolute Gasteiger partial charge is 0.338 e. The lowest BCUT2D eigenvalue weighted by atomic mass is 10.2. The van der Waals surface area contributed by atoms with Crippen LogP contribution < -0.4 is 14.8 Å². The Hall–Kier alpha value is -2.54. The molecule has 6 nitrogen and oxygen atoms in total. The fraction of sp³-hybridized carbons (Fsp3) is 0.125. The summed E-state index contributed by atoms with van der Waals surface area (Å²) in [6.45, 7) is -0.253. The highest BCUT2D eigenvalue weighted by Gasteiger charge is 2.17. The van der Waals surface area contributed by atoms with E-state index in [4.69, 9.17) is 14.2 Å². The summed E-state index contributed by atoms with van der Waals surface area (Å²) in [5, 5.41) is 2.65. The van der Waals surface area contributed by atoms with Gasteiger partial charge in [0.15, 0.2) is 18.1 Å². The molecule has 1 aliphatic rings. The molecule has 0 aromatic heterocycles. The molecule has 0 radical (unpaired) electrons. The molecule has 0 spiro atoms. The highest BCUT2D eigenvalue weighted by molar-refractivity contribution is 9.10. The van der Waals surface area contributed by atoms with Crippen LogP contribution in [0.1, 0.15) is 10.4 Å². The number of benzene rings is 2. The van der Waals surface area contributed by atoms with Crippen molar-refractivity contribution in [2.45, 2.75) is 0 Å². The molecule has 0 fully saturated rings. The number of carbonyl (C=O) groups excluding carboxylic acids is 2. The van der Waals surface area contributed by atoms with Crippen LogP contribution in [0.3, 0.4) is 0 Å². The number of amides is 1. The number of halogens is 1. The van der Waals surface area contributed by atoms with E-state index in [1.54, 1.807) is 30.3 Å². The van der Waals surface area contributed by atoms with Crippen LogP contribution in [0, 0.1) is 0 Å². The van der Waals surface area contributed by atoms with Crippen molar-refractivity contribution >= 4 is 33.5 Å². The minimum atomic E-state index is -0.606. The Morgan fingerprint density at radius 2 is 1.91 bits per heavy atom. The molecule has 0 bridgehead atoms. The zero-order chi connectivity index (χ0) is 16.2. The maximum Gasteiger partial charge on any atom is 0.338 e. The minimum absolute atomic E-state index is 0.127. The van der Waals surface area contributed by atoms with E-state index in [2.05, 4.69) is 21.2 Å². The Kier molecular flexibility index (Phi) is 4.47. The van der Waals surface area contributed by atoms with Crippen LogP contribution in [0.25, 0.3) is 0 Å². The molecule has 0 saturated heterocycles. The van der Waals surface area contributed by atoms with Crippen molar-refractivity contribution in [3.8, 4) is 11.5 Å². The van der Waals surface area contributed by atoms with Crippen LogP contribution in [-0.2, 0) is 9.53 Å². The molecule has 0 atom stereocenters. The number of hydrogen-bond donors (Lipinski definition) is 1. The van der Waals surface area contributed by atoms with E-state index in [1.807, 2.05) is 6.07 Å². The van der Waals surface area contributed by atoms with Gasteiger partial charge in [0.05, 0.1) is 11.3 Å². The molecular weight excluding hydrogens is 366 g/mol. The van der Waals surface area contributed by atoms with E-state index in [1.165, 1.54) is 6.07 Å². The fourth-order valence-corrected chi connectivity index (χ4v) is 2.37. The van der Waals surface area contributed by atoms with Crippen molar-refractivity contribution in [2.24, 2.45) is 0 Å². The second-order valence-electron chi connectivity index (χ2n) is 4.67. The summed E-state index contributed by atoms with van der Waals surface area (Å²) in [6.07, 6.45) is 0. The van der Waals surface area contributed by atoms with Gasteiger partial charge >= 0.3 is 5.97 Å². The van der Waals surface area contributed by atoms with Crippen molar-refractivity contribution in [3.63, 3.8) is 0 Å². The van der Waals surface area contributed by atoms with Crippen LogP contribution in [0.5, 0.6) is 11.5 Å². The van der Waals surface area contributed by atoms with Gasteiger partial charge in [-0.2, -0.15) is 0 Å². The minimum Gasteiger partial charge on any atom is -0.454 e. The molecule has 118 valence electrons. The number of hydrogen-bond acceptors (Lipinski definition) is 5. The summed E-state index contributed by atoms with van der Waals surface area (Å²) < 4.78 is 16.1. The number of fused-ring (bicyclic) bond motifs is 1. The highest BCUT2D eigenvalue weighted by Crippen LogP contribution is 2.32. The van der Waals surface area contributed by atoms with Gasteiger partial charge < -0.3 is 19.5 Å². The molecular formula is C16H12BrNO5. The Morgan fingerprint density at radius 1 is 1.13 bits per heavy atom. The van der Waals surface area contributed by atoms with Crippen LogP contribution in [0.2, 0.25) is 0 Å². The second kappa shape index (κ2) is 6.70. The first-order valence-corrected chi connectivity index (χ1v) is 7.54. The quantitative estimate of drug-likeness (QED) is 0.829. The lowest BCUT2D eigenvalue weighted by Gasteiger charge is -2.08. The van der Waals surface area contributed by atoms with E-state index < -0.39 is 11.9 Å². The van der Waals surface area contributed by atoms with Crippen LogP contribution in [0.4, 0.5) is 5.69 Å². The fourth-order valence-electron chi connectivity index (χ4n) is 1.99. The van der Waals surface area contributed by atoms with Crippen molar-refractivity contribution in [1.82, 2.24) is 0 Å². The normalized spacial score (nSPS) is 11.9. The Bertz CT molecular complexity index is 762. The van der Waals surface area contributed by atoms with Gasteiger partial charge in [-0.3, -0.25) is 4.79 Å². The summed E-state index contributed by atoms with van der Waals surface area (Å²) in [6, 6.07) is 11.9. The lowest BCUT2D eigenvalue weighted by Crippen LogP contribution is -2.21. The number of anilines is 1. The molecule has 1 heterocycles. The van der Waals surface area contributed by atoms with Gasteiger partial charge in [0.2, 0.25) is 6.79 Å². The third-order valence-corrected chi connectivity index (χ3v) is 3.78. The molecule has 23 heavy (non-hydrogen) atoms. The SMILES string of the molecule is O=C(COC(=O)c1ccc2c(c1)OCO2)Nc1ccccc1Br. The van der Waals surface area contributed by atoms with Gasteiger partial charge in [-0.1, -0.05) is 12.1 Å². The van der Waals surface area contributed by atoms with E-state index in [9.17, 15) is 9.59 Å². The maximum atomic E-state index is 12.0. The second-order valence-corrected chi connectivity index (χ2v) is 5.53. The standard InChI is InChI=1S/C16H12BrNO5/c17-11-3-1-2-4-12(11)18-15(19)8-21-16(20)10-5-6-13-14(7-10)23-9-22-13/h1-7H,8-9H2,(H,18,19). The lowest BCUT2D eigenvalue weighted by molar-refractivity contribution is -0.119. The Labute approximate surface area is 140 Å². The topological polar surface area (TPSA) is 73.9 Å². The van der Waals surface area contributed by atoms with Gasteiger partial charge in [0, 0.05) is 4.47 Å². The van der Waals surface area contributed by atoms with Gasteiger partial charge in [-0.05, 0) is 46.3 Å². The predicted octanol–water partition coefficient (Wildman–Crippen LogP) is 2.97. The Morgan fingerprint density at radius 3 is 2.74 bits per heavy atom. The van der Waals surface area contributed by atoms with E-state index in [0.29, 0.717) is 22.7 Å².